The van der Waals surface area contributed by atoms with Gasteiger partial charge in [0, 0.05) is 18.4 Å². The van der Waals surface area contributed by atoms with Crippen molar-refractivity contribution < 1.29 is 19.9 Å². The first-order valence-electron chi connectivity index (χ1n) is 5.97. The zero-order chi connectivity index (χ0) is 12.3. The van der Waals surface area contributed by atoms with Crippen LogP contribution in [-0.2, 0) is 6.54 Å². The minimum absolute atomic E-state index is 0.140. The van der Waals surface area contributed by atoms with E-state index in [1.165, 1.54) is 4.90 Å². The zero-order valence-electron chi connectivity index (χ0n) is 9.69. The second-order valence-electron chi connectivity index (χ2n) is 4.64. The fourth-order valence-electron chi connectivity index (χ4n) is 2.23. The monoisotopic (exact) mass is 235 g/mol. The van der Waals surface area contributed by atoms with Gasteiger partial charge >= 0.3 is 0 Å². The van der Waals surface area contributed by atoms with Gasteiger partial charge in [-0.05, 0) is 5.56 Å². The molecule has 0 aromatic heterocycles. The maximum Gasteiger partial charge on any atom is 0.103 e. The van der Waals surface area contributed by atoms with E-state index in [-0.39, 0.29) is 11.7 Å². The van der Waals surface area contributed by atoms with Crippen LogP contribution in [0.15, 0.2) is 24.3 Å². The van der Waals surface area contributed by atoms with Crippen molar-refractivity contribution in [2.45, 2.75) is 25.5 Å². The lowest BCUT2D eigenvalue weighted by Crippen LogP contribution is -3.12. The Bertz CT molecular complexity index is 380. The molecule has 0 spiro atoms. The van der Waals surface area contributed by atoms with E-state index in [2.05, 4.69) is 0 Å². The van der Waals surface area contributed by atoms with Crippen molar-refractivity contribution in [3.8, 4) is 0 Å². The number of likely N-dealkylation sites (tertiary alicyclic amines) is 1. The Morgan fingerprint density at radius 2 is 1.88 bits per heavy atom. The number of benzene rings is 1. The first-order chi connectivity index (χ1) is 8.15. The molecule has 2 N–H and O–H groups in total. The molecule has 0 unspecified atom stereocenters. The van der Waals surface area contributed by atoms with Gasteiger partial charge in [-0.3, -0.25) is 0 Å². The number of aliphatic hydroxyl groups is 1. The number of piperidine rings is 1. The minimum Gasteiger partial charge on any atom is -0.545 e. The molecule has 1 aliphatic rings. The third-order valence-electron chi connectivity index (χ3n) is 3.31. The maximum absolute atomic E-state index is 10.6. The van der Waals surface area contributed by atoms with Gasteiger partial charge in [0.1, 0.15) is 6.54 Å². The Balaban J connectivity index is 1.92. The highest BCUT2D eigenvalue weighted by Crippen LogP contribution is 2.04. The van der Waals surface area contributed by atoms with Crippen LogP contribution in [0.3, 0.4) is 0 Å². The molecule has 1 heterocycles. The molecule has 4 nitrogen and oxygen atoms in total. The number of hydrogen-bond acceptors (Lipinski definition) is 3. The summed E-state index contributed by atoms with van der Waals surface area (Å²) in [6.07, 6.45) is 1.57. The van der Waals surface area contributed by atoms with E-state index in [0.29, 0.717) is 0 Å². The van der Waals surface area contributed by atoms with Gasteiger partial charge < -0.3 is 19.9 Å². The van der Waals surface area contributed by atoms with Crippen LogP contribution >= 0.6 is 0 Å². The summed E-state index contributed by atoms with van der Waals surface area (Å²) in [6.45, 7) is 2.84. The van der Waals surface area contributed by atoms with Crippen molar-refractivity contribution in [1.82, 2.24) is 0 Å². The predicted molar refractivity (Wildman–Crippen MR) is 60.4 cm³/mol. The molecule has 4 heteroatoms. The number of carboxylic acid groups (broad SMARTS) is 1. The molecule has 1 fully saturated rings. The van der Waals surface area contributed by atoms with E-state index >= 15 is 0 Å². The molecule has 1 aliphatic heterocycles. The Morgan fingerprint density at radius 3 is 2.41 bits per heavy atom. The molecule has 0 radical (unpaired) electrons. The molecule has 1 saturated heterocycles. The van der Waals surface area contributed by atoms with Gasteiger partial charge in [0.25, 0.3) is 0 Å². The Morgan fingerprint density at radius 1 is 1.29 bits per heavy atom. The lowest BCUT2D eigenvalue weighted by Gasteiger charge is -2.26. The SMILES string of the molecule is O=C([O-])c1ccc(C[NH+]2CCC(O)CC2)cc1. The van der Waals surface area contributed by atoms with Gasteiger partial charge in [-0.25, -0.2) is 0 Å². The summed E-state index contributed by atoms with van der Waals surface area (Å²) in [5.74, 6) is -1.13. The number of nitrogens with one attached hydrogen (secondary N) is 1. The Kier molecular flexibility index (Phi) is 3.76. The number of carboxylic acids is 1. The van der Waals surface area contributed by atoms with Gasteiger partial charge in [-0.2, -0.15) is 0 Å². The molecule has 17 heavy (non-hydrogen) atoms. The average Bonchev–Trinajstić information content (AvgIpc) is 2.33. The number of quaternary nitrogens is 1. The predicted octanol–water partition coefficient (Wildman–Crippen LogP) is -1.41. The van der Waals surface area contributed by atoms with Crippen LogP contribution in [0.1, 0.15) is 28.8 Å². The second kappa shape index (κ2) is 5.29. The normalized spacial score (nSPS) is 24.5. The average molecular weight is 235 g/mol. The molecular formula is C13H17NO3. The van der Waals surface area contributed by atoms with E-state index in [4.69, 9.17) is 0 Å². The van der Waals surface area contributed by atoms with Crippen molar-refractivity contribution in [2.24, 2.45) is 0 Å². The van der Waals surface area contributed by atoms with Crippen LogP contribution in [0.2, 0.25) is 0 Å². The Hall–Kier alpha value is -1.39. The minimum atomic E-state index is -1.13. The third-order valence-corrected chi connectivity index (χ3v) is 3.31. The van der Waals surface area contributed by atoms with E-state index in [0.717, 1.165) is 38.0 Å². The van der Waals surface area contributed by atoms with Crippen LogP contribution in [0, 0.1) is 0 Å². The summed E-state index contributed by atoms with van der Waals surface area (Å²) in [5, 5.41) is 20.0. The molecule has 0 aliphatic carbocycles. The molecule has 0 bridgehead atoms. The van der Waals surface area contributed by atoms with E-state index in [1.54, 1.807) is 12.1 Å². The molecule has 0 atom stereocenters. The summed E-state index contributed by atoms with van der Waals surface area (Å²) < 4.78 is 0. The number of hydrogen-bond donors (Lipinski definition) is 2. The topological polar surface area (TPSA) is 64.8 Å². The fraction of sp³-hybridized carbons (Fsp3) is 0.462. The lowest BCUT2D eigenvalue weighted by molar-refractivity contribution is -0.919. The highest BCUT2D eigenvalue weighted by atomic mass is 16.4. The molecule has 0 saturated carbocycles. The number of carbonyl (C=O) groups is 1. The number of rotatable bonds is 3. The summed E-state index contributed by atoms with van der Waals surface area (Å²) in [5.41, 5.74) is 1.35. The quantitative estimate of drug-likeness (QED) is 0.676. The van der Waals surface area contributed by atoms with Crippen LogP contribution in [0.5, 0.6) is 0 Å². The number of aliphatic hydroxyl groups excluding tert-OH is 1. The number of aromatic carboxylic acids is 1. The van der Waals surface area contributed by atoms with Crippen LogP contribution in [0.4, 0.5) is 0 Å². The van der Waals surface area contributed by atoms with E-state index < -0.39 is 5.97 Å². The molecule has 1 aromatic rings. The van der Waals surface area contributed by atoms with Gasteiger partial charge in [0.05, 0.1) is 25.2 Å². The van der Waals surface area contributed by atoms with Gasteiger partial charge in [0.15, 0.2) is 0 Å². The number of carbonyl (C=O) groups excluding carboxylic acids is 1. The molecule has 0 amide bonds. The third kappa shape index (κ3) is 3.28. The first-order valence-corrected chi connectivity index (χ1v) is 5.97. The van der Waals surface area contributed by atoms with Crippen molar-refractivity contribution in [1.29, 1.82) is 0 Å². The van der Waals surface area contributed by atoms with Crippen molar-refractivity contribution in [3.05, 3.63) is 35.4 Å². The van der Waals surface area contributed by atoms with Crippen molar-refractivity contribution in [2.75, 3.05) is 13.1 Å². The summed E-state index contributed by atoms with van der Waals surface area (Å²) >= 11 is 0. The standard InChI is InChI=1S/C13H17NO3/c15-12-5-7-14(8-6-12)9-10-1-3-11(4-2-10)13(16)17/h1-4,12,15H,5-9H2,(H,16,17). The van der Waals surface area contributed by atoms with Crippen LogP contribution in [0.25, 0.3) is 0 Å². The lowest BCUT2D eigenvalue weighted by atomic mass is 10.1. The summed E-state index contributed by atoms with van der Waals surface area (Å²) in [4.78, 5) is 12.0. The fourth-order valence-corrected chi connectivity index (χ4v) is 2.23. The van der Waals surface area contributed by atoms with Gasteiger partial charge in [-0.15, -0.1) is 0 Å². The van der Waals surface area contributed by atoms with E-state index in [9.17, 15) is 15.0 Å². The molecule has 92 valence electrons. The zero-order valence-corrected chi connectivity index (χ0v) is 9.69. The Labute approximate surface area is 100 Å². The largest absolute Gasteiger partial charge is 0.545 e. The second-order valence-corrected chi connectivity index (χ2v) is 4.64. The van der Waals surface area contributed by atoms with Crippen molar-refractivity contribution >= 4 is 5.97 Å². The van der Waals surface area contributed by atoms with Crippen LogP contribution < -0.4 is 10.0 Å². The van der Waals surface area contributed by atoms with Gasteiger partial charge in [0.2, 0.25) is 0 Å². The highest BCUT2D eigenvalue weighted by molar-refractivity contribution is 5.85. The molecular weight excluding hydrogens is 218 g/mol. The first kappa shape index (κ1) is 12.1. The maximum atomic E-state index is 10.6. The molecule has 2 rings (SSSR count). The molecule has 1 aromatic carbocycles. The highest BCUT2D eigenvalue weighted by Gasteiger charge is 2.19. The van der Waals surface area contributed by atoms with E-state index in [1.807, 2.05) is 12.1 Å². The van der Waals surface area contributed by atoms with Crippen LogP contribution in [-0.4, -0.2) is 30.3 Å². The van der Waals surface area contributed by atoms with Gasteiger partial charge in [-0.1, -0.05) is 24.3 Å². The summed E-state index contributed by atoms with van der Waals surface area (Å²) in [7, 11) is 0. The summed E-state index contributed by atoms with van der Waals surface area (Å²) in [6, 6.07) is 6.85. The van der Waals surface area contributed by atoms with Crippen molar-refractivity contribution in [3.63, 3.8) is 0 Å². The smallest absolute Gasteiger partial charge is 0.103 e.